The first kappa shape index (κ1) is 14.8. The van der Waals surface area contributed by atoms with E-state index in [0.717, 1.165) is 0 Å². The molecule has 0 aromatic rings. The summed E-state index contributed by atoms with van der Waals surface area (Å²) < 4.78 is 31.6. The van der Waals surface area contributed by atoms with Crippen LogP contribution in [0, 0.1) is 17.8 Å². The van der Waals surface area contributed by atoms with E-state index in [-0.39, 0.29) is 13.0 Å². The Morgan fingerprint density at radius 2 is 1.60 bits per heavy atom. The topological polar surface area (TPSA) is 9.23 Å². The van der Waals surface area contributed by atoms with Gasteiger partial charge in [-0.25, -0.2) is 8.78 Å². The fourth-order valence-corrected chi connectivity index (χ4v) is 0.959. The maximum Gasteiger partial charge on any atom is 0.252 e. The van der Waals surface area contributed by atoms with Crippen molar-refractivity contribution in [3.63, 3.8) is 0 Å². The fraction of sp³-hybridized carbons (Fsp3) is 1.00. The largest absolute Gasteiger partial charge is 0.381 e. The molecule has 0 heterocycles. The molecule has 0 saturated carbocycles. The second kappa shape index (κ2) is 6.41. The molecule has 1 atom stereocenters. The Labute approximate surface area is 92.2 Å². The third-order valence-electron chi connectivity index (χ3n) is 2.94. The summed E-state index contributed by atoms with van der Waals surface area (Å²) in [6.07, 6.45) is -0.171. The van der Waals surface area contributed by atoms with E-state index in [9.17, 15) is 8.78 Å². The van der Waals surface area contributed by atoms with Crippen molar-refractivity contribution in [2.24, 2.45) is 17.8 Å². The number of alkyl halides is 2. The molecule has 3 heteroatoms. The molecular weight excluding hydrogens is 198 g/mol. The summed E-state index contributed by atoms with van der Waals surface area (Å²) in [5.41, 5.74) is 0. The highest BCUT2D eigenvalue weighted by atomic mass is 19.3. The van der Waals surface area contributed by atoms with Gasteiger partial charge in [-0.05, 0) is 11.8 Å². The predicted octanol–water partition coefficient (Wildman–Crippen LogP) is 3.98. The average Bonchev–Trinajstić information content (AvgIpc) is 2.11. The summed E-state index contributed by atoms with van der Waals surface area (Å²) in [5.74, 6) is -2.24. The van der Waals surface area contributed by atoms with Crippen LogP contribution in [0.4, 0.5) is 8.78 Å². The maximum atomic E-state index is 13.1. The molecule has 1 nitrogen and oxygen atoms in total. The smallest absolute Gasteiger partial charge is 0.252 e. The van der Waals surface area contributed by atoms with Crippen molar-refractivity contribution in [3.8, 4) is 0 Å². The molecule has 0 bridgehead atoms. The lowest BCUT2D eigenvalue weighted by Crippen LogP contribution is -2.26. The number of halogens is 2. The Bertz CT molecular complexity index is 167. The molecule has 0 aliphatic carbocycles. The summed E-state index contributed by atoms with van der Waals surface area (Å²) in [6, 6.07) is 0. The monoisotopic (exact) mass is 222 g/mol. The van der Waals surface area contributed by atoms with Gasteiger partial charge in [0.25, 0.3) is 5.92 Å². The molecule has 0 aliphatic heterocycles. The van der Waals surface area contributed by atoms with Crippen molar-refractivity contribution in [2.45, 2.75) is 47.0 Å². The minimum absolute atomic E-state index is 0.155. The van der Waals surface area contributed by atoms with Gasteiger partial charge in [0.2, 0.25) is 0 Å². The SMILES string of the molecule is CC(C)[C@H](C)COCCC(F)(F)C(C)C. The lowest BCUT2D eigenvalue weighted by Gasteiger charge is -2.21. The molecule has 0 unspecified atom stereocenters. The van der Waals surface area contributed by atoms with Crippen LogP contribution in [0.5, 0.6) is 0 Å². The third-order valence-corrected chi connectivity index (χ3v) is 2.94. The van der Waals surface area contributed by atoms with Gasteiger partial charge in [0.15, 0.2) is 0 Å². The van der Waals surface area contributed by atoms with Crippen molar-refractivity contribution in [3.05, 3.63) is 0 Å². The van der Waals surface area contributed by atoms with E-state index < -0.39 is 11.8 Å². The first-order valence-electron chi connectivity index (χ1n) is 5.73. The van der Waals surface area contributed by atoms with Crippen LogP contribution in [0.1, 0.15) is 41.0 Å². The number of ether oxygens (including phenoxy) is 1. The molecule has 0 aromatic carbocycles. The van der Waals surface area contributed by atoms with Crippen molar-refractivity contribution >= 4 is 0 Å². The quantitative estimate of drug-likeness (QED) is 0.592. The molecule has 0 radical (unpaired) electrons. The molecule has 0 spiro atoms. The van der Waals surface area contributed by atoms with Crippen LogP contribution in [0.2, 0.25) is 0 Å². The molecule has 15 heavy (non-hydrogen) atoms. The molecule has 0 aliphatic rings. The molecule has 0 saturated heterocycles. The Morgan fingerprint density at radius 1 is 1.07 bits per heavy atom. The van der Waals surface area contributed by atoms with Gasteiger partial charge in [0.05, 0.1) is 6.61 Å². The molecular formula is C12H24F2O. The first-order chi connectivity index (χ1) is 6.77. The van der Waals surface area contributed by atoms with Crippen LogP contribution >= 0.6 is 0 Å². The van der Waals surface area contributed by atoms with Crippen molar-refractivity contribution in [1.82, 2.24) is 0 Å². The highest BCUT2D eigenvalue weighted by Crippen LogP contribution is 2.27. The van der Waals surface area contributed by atoms with Crippen molar-refractivity contribution < 1.29 is 13.5 Å². The van der Waals surface area contributed by atoms with E-state index in [1.807, 2.05) is 0 Å². The highest BCUT2D eigenvalue weighted by Gasteiger charge is 2.32. The zero-order chi connectivity index (χ0) is 12.1. The molecule has 0 N–H and O–H groups in total. The summed E-state index contributed by atoms with van der Waals surface area (Å²) >= 11 is 0. The maximum absolute atomic E-state index is 13.1. The van der Waals surface area contributed by atoms with Crippen LogP contribution in [0.3, 0.4) is 0 Å². The van der Waals surface area contributed by atoms with Gasteiger partial charge in [-0.2, -0.15) is 0 Å². The van der Waals surface area contributed by atoms with Gasteiger partial charge < -0.3 is 4.74 Å². The van der Waals surface area contributed by atoms with Crippen LogP contribution < -0.4 is 0 Å². The van der Waals surface area contributed by atoms with Gasteiger partial charge in [-0.15, -0.1) is 0 Å². The van der Waals surface area contributed by atoms with Gasteiger partial charge >= 0.3 is 0 Å². The molecule has 0 amide bonds. The van der Waals surface area contributed by atoms with Crippen LogP contribution in [-0.4, -0.2) is 19.1 Å². The number of hydrogen-bond acceptors (Lipinski definition) is 1. The van der Waals surface area contributed by atoms with Gasteiger partial charge in [-0.3, -0.25) is 0 Å². The second-order valence-electron chi connectivity index (χ2n) is 4.96. The zero-order valence-corrected chi connectivity index (χ0v) is 10.5. The van der Waals surface area contributed by atoms with Gasteiger partial charge in [-0.1, -0.05) is 34.6 Å². The summed E-state index contributed by atoms with van der Waals surface area (Å²) in [4.78, 5) is 0. The normalized spacial score (nSPS) is 15.0. The van der Waals surface area contributed by atoms with E-state index in [1.165, 1.54) is 13.8 Å². The number of hydrogen-bond donors (Lipinski definition) is 0. The predicted molar refractivity (Wildman–Crippen MR) is 59.2 cm³/mol. The van der Waals surface area contributed by atoms with E-state index in [1.54, 1.807) is 0 Å². The Morgan fingerprint density at radius 3 is 2.00 bits per heavy atom. The lowest BCUT2D eigenvalue weighted by atomic mass is 9.99. The zero-order valence-electron chi connectivity index (χ0n) is 10.5. The molecule has 92 valence electrons. The molecule has 0 aromatic heterocycles. The fourth-order valence-electron chi connectivity index (χ4n) is 0.959. The Hall–Kier alpha value is -0.180. The van der Waals surface area contributed by atoms with Gasteiger partial charge in [0, 0.05) is 18.9 Å². The van der Waals surface area contributed by atoms with E-state index >= 15 is 0 Å². The summed E-state index contributed by atoms with van der Waals surface area (Å²) in [5, 5.41) is 0. The third kappa shape index (κ3) is 6.08. The highest BCUT2D eigenvalue weighted by molar-refractivity contribution is 4.69. The standard InChI is InChI=1S/C12H24F2O/c1-9(2)11(5)8-15-7-6-12(13,14)10(3)4/h9-11H,6-8H2,1-5H3/t11-/m1/s1. The summed E-state index contributed by atoms with van der Waals surface area (Å²) in [7, 11) is 0. The minimum atomic E-state index is -2.60. The second-order valence-corrected chi connectivity index (χ2v) is 4.96. The Kier molecular flexibility index (Phi) is 6.34. The molecule has 0 rings (SSSR count). The Balaban J connectivity index is 3.63. The average molecular weight is 222 g/mol. The van der Waals surface area contributed by atoms with E-state index in [4.69, 9.17) is 4.74 Å². The van der Waals surface area contributed by atoms with Crippen LogP contribution in [-0.2, 0) is 4.74 Å². The van der Waals surface area contributed by atoms with Gasteiger partial charge in [0.1, 0.15) is 0 Å². The number of rotatable bonds is 7. The summed E-state index contributed by atoms with van der Waals surface area (Å²) in [6.45, 7) is 10.1. The van der Waals surface area contributed by atoms with E-state index in [2.05, 4.69) is 20.8 Å². The van der Waals surface area contributed by atoms with Crippen LogP contribution in [0.25, 0.3) is 0 Å². The molecule has 0 fully saturated rings. The first-order valence-corrected chi connectivity index (χ1v) is 5.73. The van der Waals surface area contributed by atoms with Crippen molar-refractivity contribution in [1.29, 1.82) is 0 Å². The van der Waals surface area contributed by atoms with E-state index in [0.29, 0.717) is 18.4 Å². The lowest BCUT2D eigenvalue weighted by molar-refractivity contribution is -0.0730. The minimum Gasteiger partial charge on any atom is -0.381 e. The van der Waals surface area contributed by atoms with Crippen LogP contribution in [0.15, 0.2) is 0 Å². The van der Waals surface area contributed by atoms with Crippen molar-refractivity contribution in [2.75, 3.05) is 13.2 Å².